The lowest BCUT2D eigenvalue weighted by atomic mass is 10.1. The average molecular weight is 357 g/mol. The van der Waals surface area contributed by atoms with E-state index in [1.807, 2.05) is 37.3 Å². The van der Waals surface area contributed by atoms with E-state index in [1.54, 1.807) is 35.2 Å². The largest absolute Gasteiger partial charge is 0.335 e. The maximum Gasteiger partial charge on any atom is 0.241 e. The van der Waals surface area contributed by atoms with Crippen molar-refractivity contribution >= 4 is 15.7 Å². The smallest absolute Gasteiger partial charge is 0.241 e. The van der Waals surface area contributed by atoms with Gasteiger partial charge in [0.1, 0.15) is 5.25 Å². The Kier molecular flexibility index (Phi) is 5.23. The molecule has 2 atom stereocenters. The fourth-order valence-electron chi connectivity index (χ4n) is 3.36. The Morgan fingerprint density at radius 3 is 2.20 bits per heavy atom. The first-order chi connectivity index (χ1) is 12.0. The second-order valence-corrected chi connectivity index (χ2v) is 8.71. The van der Waals surface area contributed by atoms with Crippen LogP contribution in [0.1, 0.15) is 31.7 Å². The zero-order valence-corrected chi connectivity index (χ0v) is 15.2. The third-order valence-electron chi connectivity index (χ3n) is 4.82. The minimum atomic E-state index is -3.67. The molecule has 3 rings (SSSR count). The van der Waals surface area contributed by atoms with E-state index in [0.717, 1.165) is 18.4 Å². The summed E-state index contributed by atoms with van der Waals surface area (Å²) in [4.78, 5) is 15.1. The Bertz CT molecular complexity index is 819. The number of hydrogen-bond acceptors (Lipinski definition) is 3. The van der Waals surface area contributed by atoms with Gasteiger partial charge in [0.05, 0.1) is 4.90 Å². The number of sulfone groups is 1. The van der Waals surface area contributed by atoms with Gasteiger partial charge in [-0.3, -0.25) is 4.79 Å². The standard InChI is InChI=1S/C20H23NO3S/c1-16-9-8-14-19(25(23,24)18-12-6-3-7-13-18)20(22)21(16)15-17-10-4-2-5-11-17/h2-7,10-13,16,19H,8-9,14-15H2,1H3. The summed E-state index contributed by atoms with van der Waals surface area (Å²) in [6.07, 6.45) is 1.93. The number of carbonyl (C=O) groups is 1. The van der Waals surface area contributed by atoms with Crippen LogP contribution in [0.5, 0.6) is 0 Å². The van der Waals surface area contributed by atoms with E-state index < -0.39 is 15.1 Å². The summed E-state index contributed by atoms with van der Waals surface area (Å²) in [7, 11) is -3.67. The van der Waals surface area contributed by atoms with Gasteiger partial charge in [0.25, 0.3) is 0 Å². The van der Waals surface area contributed by atoms with Crippen molar-refractivity contribution in [2.75, 3.05) is 0 Å². The molecule has 4 nitrogen and oxygen atoms in total. The van der Waals surface area contributed by atoms with Gasteiger partial charge in [0.15, 0.2) is 9.84 Å². The van der Waals surface area contributed by atoms with Crippen LogP contribution in [0, 0.1) is 0 Å². The summed E-state index contributed by atoms with van der Waals surface area (Å²) >= 11 is 0. The summed E-state index contributed by atoms with van der Waals surface area (Å²) in [5, 5.41) is -0.997. The highest BCUT2D eigenvalue weighted by Crippen LogP contribution is 2.28. The van der Waals surface area contributed by atoms with Gasteiger partial charge in [-0.1, -0.05) is 48.5 Å². The van der Waals surface area contributed by atoms with E-state index in [-0.39, 0.29) is 16.8 Å². The molecular formula is C20H23NO3S. The monoisotopic (exact) mass is 357 g/mol. The van der Waals surface area contributed by atoms with Crippen molar-refractivity contribution in [3.63, 3.8) is 0 Å². The quantitative estimate of drug-likeness (QED) is 0.842. The molecule has 2 aromatic carbocycles. The molecule has 0 radical (unpaired) electrons. The molecule has 1 saturated heterocycles. The second kappa shape index (κ2) is 7.40. The average Bonchev–Trinajstić information content (AvgIpc) is 2.77. The van der Waals surface area contributed by atoms with E-state index in [1.165, 1.54) is 0 Å². The first-order valence-electron chi connectivity index (χ1n) is 8.63. The maximum atomic E-state index is 13.1. The van der Waals surface area contributed by atoms with Crippen LogP contribution in [0.15, 0.2) is 65.6 Å². The zero-order valence-electron chi connectivity index (χ0n) is 14.3. The van der Waals surface area contributed by atoms with Crippen LogP contribution >= 0.6 is 0 Å². The summed E-state index contributed by atoms with van der Waals surface area (Å²) in [5.74, 6) is -0.280. The Hall–Kier alpha value is -2.14. The normalized spacial score (nSPS) is 21.8. The highest BCUT2D eigenvalue weighted by atomic mass is 32.2. The highest BCUT2D eigenvalue weighted by molar-refractivity contribution is 7.92. The molecule has 1 aliphatic heterocycles. The predicted octanol–water partition coefficient (Wildman–Crippen LogP) is 3.43. The molecule has 1 amide bonds. The van der Waals surface area contributed by atoms with Crippen LogP contribution < -0.4 is 0 Å². The molecule has 2 unspecified atom stereocenters. The molecule has 0 N–H and O–H groups in total. The molecule has 1 fully saturated rings. The third kappa shape index (κ3) is 3.76. The van der Waals surface area contributed by atoms with Crippen molar-refractivity contribution in [3.05, 3.63) is 66.2 Å². The van der Waals surface area contributed by atoms with Gasteiger partial charge in [-0.25, -0.2) is 8.42 Å². The third-order valence-corrected chi connectivity index (χ3v) is 6.94. The molecule has 2 aromatic rings. The van der Waals surface area contributed by atoms with E-state index in [9.17, 15) is 13.2 Å². The van der Waals surface area contributed by atoms with Crippen molar-refractivity contribution in [1.82, 2.24) is 4.90 Å². The number of amides is 1. The molecule has 0 bridgehead atoms. The molecule has 1 aliphatic rings. The van der Waals surface area contributed by atoms with Gasteiger partial charge in [-0.15, -0.1) is 0 Å². The Balaban J connectivity index is 1.91. The van der Waals surface area contributed by atoms with E-state index >= 15 is 0 Å². The number of carbonyl (C=O) groups excluding carboxylic acids is 1. The van der Waals surface area contributed by atoms with Crippen molar-refractivity contribution in [2.24, 2.45) is 0 Å². The molecule has 0 aliphatic carbocycles. The summed E-state index contributed by atoms with van der Waals surface area (Å²) in [5.41, 5.74) is 1.01. The number of benzene rings is 2. The Labute approximate surface area is 149 Å². The highest BCUT2D eigenvalue weighted by Gasteiger charge is 2.39. The Morgan fingerprint density at radius 1 is 0.960 bits per heavy atom. The van der Waals surface area contributed by atoms with Crippen molar-refractivity contribution in [3.8, 4) is 0 Å². The van der Waals surface area contributed by atoms with Crippen LogP contribution in [0.25, 0.3) is 0 Å². The van der Waals surface area contributed by atoms with Crippen LogP contribution in [-0.4, -0.2) is 30.5 Å². The van der Waals surface area contributed by atoms with Crippen LogP contribution in [0.2, 0.25) is 0 Å². The molecular weight excluding hydrogens is 334 g/mol. The van der Waals surface area contributed by atoms with Gasteiger partial charge in [0.2, 0.25) is 5.91 Å². The van der Waals surface area contributed by atoms with Crippen LogP contribution in [-0.2, 0) is 21.2 Å². The lowest BCUT2D eigenvalue weighted by Gasteiger charge is -2.29. The molecule has 25 heavy (non-hydrogen) atoms. The van der Waals surface area contributed by atoms with Crippen LogP contribution in [0.4, 0.5) is 0 Å². The number of hydrogen-bond donors (Lipinski definition) is 0. The number of nitrogens with zero attached hydrogens (tertiary/aromatic N) is 1. The number of rotatable bonds is 4. The maximum absolute atomic E-state index is 13.1. The van der Waals surface area contributed by atoms with Crippen molar-refractivity contribution in [2.45, 2.75) is 48.9 Å². The van der Waals surface area contributed by atoms with Gasteiger partial charge in [-0.05, 0) is 43.9 Å². The summed E-state index contributed by atoms with van der Waals surface area (Å²) < 4.78 is 26.0. The minimum Gasteiger partial charge on any atom is -0.335 e. The molecule has 0 saturated carbocycles. The van der Waals surface area contributed by atoms with Gasteiger partial charge >= 0.3 is 0 Å². The summed E-state index contributed by atoms with van der Waals surface area (Å²) in [6.45, 7) is 2.44. The van der Waals surface area contributed by atoms with Gasteiger partial charge in [-0.2, -0.15) is 0 Å². The zero-order chi connectivity index (χ0) is 17.9. The van der Waals surface area contributed by atoms with Gasteiger partial charge < -0.3 is 4.90 Å². The first kappa shape index (κ1) is 17.7. The lowest BCUT2D eigenvalue weighted by molar-refractivity contribution is -0.132. The molecule has 132 valence electrons. The fraction of sp³-hybridized carbons (Fsp3) is 0.350. The van der Waals surface area contributed by atoms with Crippen LogP contribution in [0.3, 0.4) is 0 Å². The molecule has 1 heterocycles. The SMILES string of the molecule is CC1CCCC(S(=O)(=O)c2ccccc2)C(=O)N1Cc1ccccc1. The van der Waals surface area contributed by atoms with E-state index in [2.05, 4.69) is 0 Å². The predicted molar refractivity (Wildman–Crippen MR) is 97.7 cm³/mol. The Morgan fingerprint density at radius 2 is 1.56 bits per heavy atom. The topological polar surface area (TPSA) is 54.5 Å². The van der Waals surface area contributed by atoms with E-state index in [0.29, 0.717) is 13.0 Å². The molecule has 0 aromatic heterocycles. The van der Waals surface area contributed by atoms with Crippen molar-refractivity contribution < 1.29 is 13.2 Å². The molecule has 5 heteroatoms. The molecule has 0 spiro atoms. The second-order valence-electron chi connectivity index (χ2n) is 6.58. The summed E-state index contributed by atoms with van der Waals surface area (Å²) in [6, 6.07) is 18.0. The first-order valence-corrected chi connectivity index (χ1v) is 10.2. The lowest BCUT2D eigenvalue weighted by Crippen LogP contribution is -2.44. The number of likely N-dealkylation sites (tertiary alicyclic amines) is 1. The van der Waals surface area contributed by atoms with E-state index in [4.69, 9.17) is 0 Å². The van der Waals surface area contributed by atoms with Crippen molar-refractivity contribution in [1.29, 1.82) is 0 Å². The minimum absolute atomic E-state index is 0.0312. The van der Waals surface area contributed by atoms with Gasteiger partial charge in [0, 0.05) is 12.6 Å². The fourth-order valence-corrected chi connectivity index (χ4v) is 5.10.